The Labute approximate surface area is 121 Å². The summed E-state index contributed by atoms with van der Waals surface area (Å²) in [6.07, 6.45) is 10.6. The van der Waals surface area contributed by atoms with Crippen molar-refractivity contribution in [3.05, 3.63) is 42.2 Å². The summed E-state index contributed by atoms with van der Waals surface area (Å²) in [5.74, 6) is 0.913. The van der Waals surface area contributed by atoms with Crippen LogP contribution in [0, 0.1) is 5.92 Å². The smallest absolute Gasteiger partial charge is 0.0349 e. The number of aromatic nitrogens is 1. The van der Waals surface area contributed by atoms with Crippen molar-refractivity contribution in [1.29, 1.82) is 0 Å². The number of nitrogens with zero attached hydrogens (tertiary/aromatic N) is 1. The van der Waals surface area contributed by atoms with Crippen LogP contribution < -0.4 is 5.32 Å². The Morgan fingerprint density at radius 2 is 2.20 bits per heavy atom. The number of hydrogen-bond donors (Lipinski definition) is 1. The van der Waals surface area contributed by atoms with Gasteiger partial charge in [0.1, 0.15) is 0 Å². The van der Waals surface area contributed by atoms with Gasteiger partial charge in [-0.2, -0.15) is 0 Å². The van der Waals surface area contributed by atoms with Crippen molar-refractivity contribution in [3.63, 3.8) is 0 Å². The lowest BCUT2D eigenvalue weighted by Crippen LogP contribution is -2.26. The average Bonchev–Trinajstić information content (AvgIpc) is 2.45. The van der Waals surface area contributed by atoms with E-state index < -0.39 is 0 Å². The normalized spacial score (nSPS) is 17.1. The molecule has 1 aromatic carbocycles. The Kier molecular flexibility index (Phi) is 4.31. The average molecular weight is 268 g/mol. The van der Waals surface area contributed by atoms with Gasteiger partial charge in [-0.05, 0) is 42.3 Å². The van der Waals surface area contributed by atoms with Gasteiger partial charge in [-0.15, -0.1) is 0 Å². The minimum atomic E-state index is 0.480. The van der Waals surface area contributed by atoms with E-state index in [-0.39, 0.29) is 0 Å². The molecule has 1 aliphatic rings. The standard InChI is InChI=1S/C18H24N2/c1-2-10-20-18(12-14-5-3-6-14)16-8-4-7-15-9-11-19-13-17(15)16/h4,7-9,11,13-14,18,20H,2-3,5-6,10,12H2,1H3. The highest BCUT2D eigenvalue weighted by molar-refractivity contribution is 5.85. The highest BCUT2D eigenvalue weighted by atomic mass is 14.9. The molecule has 1 aliphatic carbocycles. The Morgan fingerprint density at radius 3 is 2.95 bits per heavy atom. The molecule has 106 valence electrons. The van der Waals surface area contributed by atoms with Crippen LogP contribution in [0.2, 0.25) is 0 Å². The van der Waals surface area contributed by atoms with Crippen molar-refractivity contribution in [2.24, 2.45) is 5.92 Å². The molecule has 0 amide bonds. The zero-order chi connectivity index (χ0) is 13.8. The number of hydrogen-bond acceptors (Lipinski definition) is 2. The molecule has 2 heteroatoms. The van der Waals surface area contributed by atoms with Crippen molar-refractivity contribution in [1.82, 2.24) is 10.3 Å². The highest BCUT2D eigenvalue weighted by Crippen LogP contribution is 2.36. The minimum Gasteiger partial charge on any atom is -0.310 e. The van der Waals surface area contributed by atoms with Crippen LogP contribution in [0.4, 0.5) is 0 Å². The van der Waals surface area contributed by atoms with E-state index in [0.29, 0.717) is 6.04 Å². The van der Waals surface area contributed by atoms with Gasteiger partial charge in [0.25, 0.3) is 0 Å². The molecule has 1 saturated carbocycles. The summed E-state index contributed by atoms with van der Waals surface area (Å²) in [5.41, 5.74) is 1.43. The van der Waals surface area contributed by atoms with Gasteiger partial charge in [-0.25, -0.2) is 0 Å². The first-order chi connectivity index (χ1) is 9.88. The summed E-state index contributed by atoms with van der Waals surface area (Å²) in [5, 5.41) is 6.36. The molecular formula is C18H24N2. The van der Waals surface area contributed by atoms with Gasteiger partial charge in [0.2, 0.25) is 0 Å². The third kappa shape index (κ3) is 2.85. The number of fused-ring (bicyclic) bond motifs is 1. The molecule has 2 nitrogen and oxygen atoms in total. The largest absolute Gasteiger partial charge is 0.310 e. The Morgan fingerprint density at radius 1 is 1.30 bits per heavy atom. The molecule has 0 aliphatic heterocycles. The van der Waals surface area contributed by atoms with Crippen LogP contribution in [0.25, 0.3) is 10.8 Å². The molecule has 1 unspecified atom stereocenters. The zero-order valence-electron chi connectivity index (χ0n) is 12.3. The maximum atomic E-state index is 4.32. The van der Waals surface area contributed by atoms with Gasteiger partial charge in [0, 0.05) is 23.8 Å². The molecule has 0 spiro atoms. The summed E-state index contributed by atoms with van der Waals surface area (Å²) in [4.78, 5) is 4.32. The van der Waals surface area contributed by atoms with Crippen molar-refractivity contribution < 1.29 is 0 Å². The quantitative estimate of drug-likeness (QED) is 0.836. The van der Waals surface area contributed by atoms with Crippen molar-refractivity contribution in [2.45, 2.75) is 45.1 Å². The first-order valence-electron chi connectivity index (χ1n) is 7.94. The van der Waals surface area contributed by atoms with E-state index >= 15 is 0 Å². The molecule has 0 saturated heterocycles. The summed E-state index contributed by atoms with van der Waals surface area (Å²) in [6, 6.07) is 9.22. The fraction of sp³-hybridized carbons (Fsp3) is 0.500. The van der Waals surface area contributed by atoms with E-state index in [0.717, 1.165) is 12.5 Å². The van der Waals surface area contributed by atoms with E-state index in [1.807, 2.05) is 12.4 Å². The summed E-state index contributed by atoms with van der Waals surface area (Å²) in [6.45, 7) is 3.33. The van der Waals surface area contributed by atoms with Gasteiger partial charge >= 0.3 is 0 Å². The minimum absolute atomic E-state index is 0.480. The number of nitrogens with one attached hydrogen (secondary N) is 1. The maximum Gasteiger partial charge on any atom is 0.0349 e. The molecule has 1 N–H and O–H groups in total. The van der Waals surface area contributed by atoms with Gasteiger partial charge in [-0.3, -0.25) is 4.98 Å². The Bertz CT molecular complexity index is 555. The number of rotatable bonds is 6. The summed E-state index contributed by atoms with van der Waals surface area (Å²) in [7, 11) is 0. The van der Waals surface area contributed by atoms with Gasteiger partial charge in [-0.1, -0.05) is 44.4 Å². The molecule has 0 bridgehead atoms. The van der Waals surface area contributed by atoms with Crippen molar-refractivity contribution in [3.8, 4) is 0 Å². The van der Waals surface area contributed by atoms with Crippen LogP contribution in [-0.4, -0.2) is 11.5 Å². The van der Waals surface area contributed by atoms with Crippen LogP contribution in [-0.2, 0) is 0 Å². The van der Waals surface area contributed by atoms with E-state index in [2.05, 4.69) is 41.5 Å². The Hall–Kier alpha value is -1.41. The van der Waals surface area contributed by atoms with Gasteiger partial charge < -0.3 is 5.32 Å². The second-order valence-corrected chi connectivity index (χ2v) is 5.98. The molecule has 1 fully saturated rings. The predicted molar refractivity (Wildman–Crippen MR) is 84.7 cm³/mol. The van der Waals surface area contributed by atoms with E-state index in [1.54, 1.807) is 0 Å². The SMILES string of the molecule is CCCNC(CC1CCC1)c1cccc2ccncc12. The molecular weight excluding hydrogens is 244 g/mol. The third-order valence-electron chi connectivity index (χ3n) is 4.53. The fourth-order valence-corrected chi connectivity index (χ4v) is 3.14. The Balaban J connectivity index is 1.90. The van der Waals surface area contributed by atoms with Crippen LogP contribution in [0.5, 0.6) is 0 Å². The first kappa shape index (κ1) is 13.6. The monoisotopic (exact) mass is 268 g/mol. The van der Waals surface area contributed by atoms with Gasteiger partial charge in [0.15, 0.2) is 0 Å². The maximum absolute atomic E-state index is 4.32. The lowest BCUT2D eigenvalue weighted by molar-refractivity contribution is 0.261. The number of pyridine rings is 1. The van der Waals surface area contributed by atoms with E-state index in [1.165, 1.54) is 48.4 Å². The second-order valence-electron chi connectivity index (χ2n) is 5.98. The van der Waals surface area contributed by atoms with Crippen LogP contribution >= 0.6 is 0 Å². The van der Waals surface area contributed by atoms with Crippen LogP contribution in [0.1, 0.15) is 50.6 Å². The summed E-state index contributed by atoms with van der Waals surface area (Å²) >= 11 is 0. The van der Waals surface area contributed by atoms with Crippen molar-refractivity contribution in [2.75, 3.05) is 6.54 Å². The molecule has 0 radical (unpaired) electrons. The second kappa shape index (κ2) is 6.36. The molecule has 1 atom stereocenters. The lowest BCUT2D eigenvalue weighted by atomic mass is 9.79. The van der Waals surface area contributed by atoms with E-state index in [4.69, 9.17) is 0 Å². The molecule has 20 heavy (non-hydrogen) atoms. The molecule has 2 aromatic rings. The highest BCUT2D eigenvalue weighted by Gasteiger charge is 2.23. The predicted octanol–water partition coefficient (Wildman–Crippen LogP) is 4.47. The lowest BCUT2D eigenvalue weighted by Gasteiger charge is -2.31. The molecule has 1 aromatic heterocycles. The van der Waals surface area contributed by atoms with Crippen LogP contribution in [0.15, 0.2) is 36.7 Å². The number of benzene rings is 1. The topological polar surface area (TPSA) is 24.9 Å². The first-order valence-corrected chi connectivity index (χ1v) is 7.94. The molecule has 1 heterocycles. The van der Waals surface area contributed by atoms with E-state index in [9.17, 15) is 0 Å². The van der Waals surface area contributed by atoms with Crippen molar-refractivity contribution >= 4 is 10.8 Å². The zero-order valence-corrected chi connectivity index (χ0v) is 12.3. The summed E-state index contributed by atoms with van der Waals surface area (Å²) < 4.78 is 0. The fourth-order valence-electron chi connectivity index (χ4n) is 3.14. The molecule has 3 rings (SSSR count). The third-order valence-corrected chi connectivity index (χ3v) is 4.53. The van der Waals surface area contributed by atoms with Crippen LogP contribution in [0.3, 0.4) is 0 Å². The van der Waals surface area contributed by atoms with Gasteiger partial charge in [0.05, 0.1) is 0 Å².